The first-order valence-corrected chi connectivity index (χ1v) is 5.42. The van der Waals surface area contributed by atoms with E-state index in [1.54, 1.807) is 0 Å². The normalized spacial score (nSPS) is 38.6. The van der Waals surface area contributed by atoms with Crippen molar-refractivity contribution in [3.05, 3.63) is 5.32 Å². The summed E-state index contributed by atoms with van der Waals surface area (Å²) in [7, 11) is 0. The van der Waals surface area contributed by atoms with Crippen LogP contribution in [0.3, 0.4) is 0 Å². The molecular formula is C10H17N2OV-. The number of fused-ring (bicyclic) bond motifs is 1. The summed E-state index contributed by atoms with van der Waals surface area (Å²) in [4.78, 5) is 2.62. The van der Waals surface area contributed by atoms with Gasteiger partial charge in [-0.3, -0.25) is 4.90 Å². The summed E-state index contributed by atoms with van der Waals surface area (Å²) in [6.45, 7) is 5.58. The summed E-state index contributed by atoms with van der Waals surface area (Å²) >= 11 is 0. The second-order valence-electron chi connectivity index (χ2n) is 4.50. The van der Waals surface area contributed by atoms with E-state index in [-0.39, 0.29) is 18.6 Å². The standard InChI is InChI=1S/C10H17N2O.V/c1-3-11-10-2-4-12(5-8(1)10)9-6-13-7-9;/h8-10H,1-7H2;/q-1;. The molecule has 0 saturated carbocycles. The maximum Gasteiger partial charge on any atom is 0.0645 e. The molecule has 0 bridgehead atoms. The van der Waals surface area contributed by atoms with Gasteiger partial charge < -0.3 is 10.1 Å². The van der Waals surface area contributed by atoms with Gasteiger partial charge in [0.1, 0.15) is 0 Å². The van der Waals surface area contributed by atoms with Crippen molar-refractivity contribution >= 4 is 0 Å². The summed E-state index contributed by atoms with van der Waals surface area (Å²) in [5.41, 5.74) is 0. The predicted octanol–water partition coefficient (Wildman–Crippen LogP) is 0.851. The Bertz CT molecular complexity index is 199. The Balaban J connectivity index is 0.000000750. The molecule has 2 atom stereocenters. The van der Waals surface area contributed by atoms with E-state index in [2.05, 4.69) is 10.2 Å². The van der Waals surface area contributed by atoms with E-state index in [1.165, 1.54) is 25.9 Å². The molecule has 3 aliphatic heterocycles. The van der Waals surface area contributed by atoms with Crippen LogP contribution in [0, 0.1) is 5.92 Å². The average molecular weight is 232 g/mol. The maximum absolute atomic E-state index is 5.23. The fourth-order valence-corrected chi connectivity index (χ4v) is 2.74. The van der Waals surface area contributed by atoms with E-state index in [0.29, 0.717) is 6.04 Å². The van der Waals surface area contributed by atoms with Crippen molar-refractivity contribution in [1.82, 2.24) is 4.90 Å². The van der Waals surface area contributed by atoms with Gasteiger partial charge in [0, 0.05) is 18.6 Å². The molecule has 0 N–H and O–H groups in total. The quantitative estimate of drug-likeness (QED) is 0.670. The Morgan fingerprint density at radius 1 is 1.21 bits per heavy atom. The molecule has 4 heteroatoms. The van der Waals surface area contributed by atoms with E-state index in [9.17, 15) is 0 Å². The topological polar surface area (TPSA) is 26.6 Å². The Hall–Kier alpha value is 0.464. The Kier molecular flexibility index (Phi) is 3.56. The predicted molar refractivity (Wildman–Crippen MR) is 50.9 cm³/mol. The zero-order valence-corrected chi connectivity index (χ0v) is 9.83. The molecule has 0 aromatic heterocycles. The minimum absolute atomic E-state index is 0. The first-order valence-electron chi connectivity index (χ1n) is 5.42. The summed E-state index contributed by atoms with van der Waals surface area (Å²) in [6.07, 6.45) is 2.62. The van der Waals surface area contributed by atoms with E-state index >= 15 is 0 Å². The first kappa shape index (κ1) is 11.0. The number of nitrogens with zero attached hydrogens (tertiary/aromatic N) is 2. The third-order valence-corrected chi connectivity index (χ3v) is 3.73. The van der Waals surface area contributed by atoms with Gasteiger partial charge in [0.2, 0.25) is 0 Å². The van der Waals surface area contributed by atoms with Gasteiger partial charge in [-0.1, -0.05) is 12.8 Å². The van der Waals surface area contributed by atoms with Crippen LogP contribution < -0.4 is 0 Å². The fourth-order valence-electron chi connectivity index (χ4n) is 2.74. The zero-order chi connectivity index (χ0) is 8.67. The van der Waals surface area contributed by atoms with E-state index in [4.69, 9.17) is 4.74 Å². The van der Waals surface area contributed by atoms with Crippen LogP contribution in [0.25, 0.3) is 5.32 Å². The van der Waals surface area contributed by atoms with Crippen molar-refractivity contribution < 1.29 is 23.3 Å². The molecule has 3 nitrogen and oxygen atoms in total. The van der Waals surface area contributed by atoms with Crippen LogP contribution >= 0.6 is 0 Å². The van der Waals surface area contributed by atoms with Crippen LogP contribution in [0.15, 0.2) is 0 Å². The average Bonchev–Trinajstić information content (AvgIpc) is 2.47. The van der Waals surface area contributed by atoms with Gasteiger partial charge in [-0.2, -0.15) is 0 Å². The third-order valence-electron chi connectivity index (χ3n) is 3.73. The maximum atomic E-state index is 5.23. The van der Waals surface area contributed by atoms with E-state index in [1.807, 2.05) is 0 Å². The molecule has 0 aromatic rings. The van der Waals surface area contributed by atoms with Crippen molar-refractivity contribution in [2.24, 2.45) is 5.92 Å². The van der Waals surface area contributed by atoms with E-state index < -0.39 is 0 Å². The minimum Gasteiger partial charge on any atom is -0.659 e. The smallest absolute Gasteiger partial charge is 0.0645 e. The van der Waals surface area contributed by atoms with Crippen LogP contribution in [0.4, 0.5) is 0 Å². The van der Waals surface area contributed by atoms with Crippen LogP contribution in [-0.4, -0.2) is 49.8 Å². The first-order chi connectivity index (χ1) is 6.43. The number of hydrogen-bond donors (Lipinski definition) is 0. The minimum atomic E-state index is 0. The van der Waals surface area contributed by atoms with Gasteiger partial charge in [0.25, 0.3) is 0 Å². The Morgan fingerprint density at radius 2 is 2.07 bits per heavy atom. The van der Waals surface area contributed by atoms with Gasteiger partial charge in [0.05, 0.1) is 19.3 Å². The molecule has 1 radical (unpaired) electrons. The molecular weight excluding hydrogens is 215 g/mol. The largest absolute Gasteiger partial charge is 0.659 e. The van der Waals surface area contributed by atoms with Gasteiger partial charge in [-0.05, 0) is 19.0 Å². The molecule has 0 spiro atoms. The molecule has 3 rings (SSSR count). The van der Waals surface area contributed by atoms with Crippen LogP contribution in [0.5, 0.6) is 0 Å². The summed E-state index contributed by atoms with van der Waals surface area (Å²) in [5, 5.41) is 4.64. The molecule has 79 valence electrons. The van der Waals surface area contributed by atoms with Crippen LogP contribution in [0.2, 0.25) is 0 Å². The molecule has 2 unspecified atom stereocenters. The molecule has 0 aliphatic carbocycles. The van der Waals surface area contributed by atoms with Crippen LogP contribution in [-0.2, 0) is 23.3 Å². The fraction of sp³-hybridized carbons (Fsp3) is 1.00. The van der Waals surface area contributed by atoms with Gasteiger partial charge in [0.15, 0.2) is 0 Å². The zero-order valence-electron chi connectivity index (χ0n) is 8.43. The third kappa shape index (κ3) is 1.89. The summed E-state index contributed by atoms with van der Waals surface area (Å²) in [6, 6.07) is 1.44. The van der Waals surface area contributed by atoms with Crippen molar-refractivity contribution in [3.63, 3.8) is 0 Å². The molecule has 14 heavy (non-hydrogen) atoms. The number of hydrogen-bond acceptors (Lipinski definition) is 2. The Labute approximate surface area is 97.4 Å². The second kappa shape index (κ2) is 4.54. The monoisotopic (exact) mass is 232 g/mol. The summed E-state index contributed by atoms with van der Waals surface area (Å²) in [5.74, 6) is 0.870. The van der Waals surface area contributed by atoms with Gasteiger partial charge in [-0.15, -0.1) is 12.6 Å². The summed E-state index contributed by atoms with van der Waals surface area (Å²) < 4.78 is 5.23. The number of likely N-dealkylation sites (tertiary alicyclic amines) is 1. The van der Waals surface area contributed by atoms with Gasteiger partial charge in [-0.25, -0.2) is 0 Å². The van der Waals surface area contributed by atoms with Crippen molar-refractivity contribution in [3.8, 4) is 0 Å². The number of ether oxygens (including phenoxy) is 1. The second-order valence-corrected chi connectivity index (χ2v) is 4.50. The molecule has 3 saturated heterocycles. The van der Waals surface area contributed by atoms with Crippen molar-refractivity contribution in [1.29, 1.82) is 0 Å². The number of rotatable bonds is 1. The SMILES string of the molecule is C1CC2CN(C3COC3)CCC2[N-]1.[V]. The molecule has 3 aliphatic rings. The van der Waals surface area contributed by atoms with Gasteiger partial charge >= 0.3 is 0 Å². The van der Waals surface area contributed by atoms with Crippen LogP contribution in [0.1, 0.15) is 12.8 Å². The van der Waals surface area contributed by atoms with Crippen molar-refractivity contribution in [2.75, 3.05) is 32.8 Å². The molecule has 0 amide bonds. The Morgan fingerprint density at radius 3 is 2.79 bits per heavy atom. The molecule has 0 aromatic carbocycles. The van der Waals surface area contributed by atoms with Crippen molar-refractivity contribution in [2.45, 2.75) is 24.9 Å². The molecule has 3 heterocycles. The van der Waals surface area contributed by atoms with E-state index in [0.717, 1.165) is 31.7 Å². The molecule has 3 fully saturated rings. The number of piperidine rings is 1.